The zero-order valence-corrected chi connectivity index (χ0v) is 81.3. The fourth-order valence-electron chi connectivity index (χ4n) is 18.2. The molecule has 24 rings (SSSR count). The van der Waals surface area contributed by atoms with Crippen molar-refractivity contribution in [3.05, 3.63) is 345 Å². The van der Waals surface area contributed by atoms with E-state index < -0.39 is 0 Å². The molecule has 0 bridgehead atoms. The molecule has 3 aliphatic rings. The van der Waals surface area contributed by atoms with Crippen molar-refractivity contribution in [2.24, 2.45) is 0 Å². The van der Waals surface area contributed by atoms with E-state index in [-0.39, 0.29) is 64.4 Å². The van der Waals surface area contributed by atoms with Crippen LogP contribution in [-0.4, -0.2) is 216 Å². The highest BCUT2D eigenvalue weighted by Crippen LogP contribution is 2.34. The van der Waals surface area contributed by atoms with Crippen LogP contribution in [0.3, 0.4) is 0 Å². The number of halogens is 1. The third-order valence-corrected chi connectivity index (χ3v) is 27.4. The van der Waals surface area contributed by atoms with Crippen LogP contribution < -0.4 is 42.7 Å². The van der Waals surface area contributed by atoms with Gasteiger partial charge in [-0.1, -0.05) is 103 Å². The molecule has 0 spiro atoms. The second kappa shape index (κ2) is 40.7. The SMILES string of the molecule is COc1ccc(Cn2c(=O)n3ncnc3c3cc(C(C)=O)cnc32)cc1.COc1ccc(Cn2c(=O)n3ncnc3c3cc(CN4CCOC(C)(C)C4)sc32)cc1.COc1ccc(Cn2c(=O)n3ncnc3c3ccc(CN(C)C4CC4)nc32)cc1.C[C@@H]1CN(Cc2cnc3c(c2)c2ncnn2c(=O)n3Cc2ccc(F)cc2)C[C@H](C)O1.O=c1n(Cc2ccc(-c3ccccc3)cc2)c2sccc2c2ncnn12. The number of morpholine rings is 2. The van der Waals surface area contributed by atoms with E-state index in [1.54, 1.807) is 86.7 Å². The zero-order chi connectivity index (χ0) is 98.8. The summed E-state index contributed by atoms with van der Waals surface area (Å²) in [5.74, 6) is 1.88. The van der Waals surface area contributed by atoms with Crippen molar-refractivity contribution in [3.63, 3.8) is 0 Å². The van der Waals surface area contributed by atoms with Crippen molar-refractivity contribution in [2.45, 2.75) is 124 Å². The molecule has 0 amide bonds. The molecule has 1 aliphatic carbocycles. The van der Waals surface area contributed by atoms with Gasteiger partial charge in [-0.2, -0.15) is 48.1 Å². The molecule has 40 heteroatoms. The summed E-state index contributed by atoms with van der Waals surface area (Å²) in [6, 6.07) is 60.0. The lowest BCUT2D eigenvalue weighted by atomic mass is 10.0. The number of nitrogens with zero attached hydrogens (tertiary/aromatic N) is 26. The summed E-state index contributed by atoms with van der Waals surface area (Å²) in [6.45, 7) is 18.3. The predicted octanol–water partition coefficient (Wildman–Crippen LogP) is 12.6. The van der Waals surface area contributed by atoms with Gasteiger partial charge in [-0.05, 0) is 189 Å². The first kappa shape index (κ1) is 94.6. The average molecular weight is 1960 g/mol. The van der Waals surface area contributed by atoms with E-state index in [4.69, 9.17) is 28.7 Å². The first-order valence-corrected chi connectivity index (χ1v) is 48.2. The van der Waals surface area contributed by atoms with Crippen LogP contribution in [-0.2, 0) is 61.8 Å². The largest absolute Gasteiger partial charge is 0.497 e. The average Bonchev–Trinajstić information content (AvgIpc) is 1.49. The van der Waals surface area contributed by atoms with Crippen molar-refractivity contribution in [3.8, 4) is 28.4 Å². The zero-order valence-electron chi connectivity index (χ0n) is 79.7. The standard InChI is InChI=1S/C22H23FN6O2.C22H25N5O3S.C21H22N6O2.C20H14N4OS.C18H15N5O3/c1-14-9-27(10-15(2)31-14)11-17-7-19-20(24-8-17)28(12-16-3-5-18(23)6-4-16)22(30)29-21(19)25-13-26-29;1-22(2)13-25(8-9-30-22)12-17-10-18-19-23-14-24-27(19)21(28)26(20(18)31-17)11-15-4-6-16(29-3)7-5-15;1-25(16-6-7-16)12-15-5-10-18-19-22-13-23-27(19)21(28)26(20(18)24-15)11-14-3-8-17(29-2)9-4-14;25-20-23(19-17(10-11-26-19)18-21-13-22-24(18)20)12-14-6-8-16(9-7-14)15-4-2-1-3-5-15;1-11(24)13-7-15-16(19-8-13)22(18(25)23-17(15)20-10-21-23)9-12-3-5-14(26-2)6-4-12/h3-8,13-15H,9-12H2,1-2H3;4-7,10,14H,8-9,11-13H2,1-3H3;3-5,8-10,13,16H,6-7,11-12H2,1-2H3;1-11,13H,12H2;3-8,10H,9H2,1-2H3/t14-,15+;;;;. The summed E-state index contributed by atoms with van der Waals surface area (Å²) >= 11 is 3.20. The maximum Gasteiger partial charge on any atom is 0.352 e. The van der Waals surface area contributed by atoms with Crippen molar-refractivity contribution < 1.29 is 32.9 Å². The van der Waals surface area contributed by atoms with Crippen LogP contribution in [0.5, 0.6) is 17.2 Å². The number of ether oxygens (including phenoxy) is 5. The molecule has 2 aliphatic heterocycles. The van der Waals surface area contributed by atoms with Crippen LogP contribution in [0.2, 0.25) is 0 Å². The maximum atomic E-state index is 13.3. The molecule has 143 heavy (non-hydrogen) atoms. The minimum Gasteiger partial charge on any atom is -0.497 e. The summed E-state index contributed by atoms with van der Waals surface area (Å²) in [5.41, 5.74) is 12.4. The number of hydrogen-bond acceptors (Lipinski definition) is 29. The number of thiophene rings is 2. The molecule has 0 N–H and O–H groups in total. The number of benzene rings is 6. The van der Waals surface area contributed by atoms with Crippen LogP contribution in [0.4, 0.5) is 4.39 Å². The molecule has 6 aromatic carbocycles. The number of methoxy groups -OCH3 is 3. The molecule has 0 radical (unpaired) electrons. The molecule has 2 atom stereocenters. The number of hydrogen-bond donors (Lipinski definition) is 0. The number of fused-ring (bicyclic) bond motifs is 15. The Bertz CT molecular complexity index is 8600. The Labute approximate surface area is 822 Å². The van der Waals surface area contributed by atoms with Gasteiger partial charge in [0.2, 0.25) is 0 Å². The molecule has 17 heterocycles. The molecule has 21 aromatic rings. The fourth-order valence-corrected chi connectivity index (χ4v) is 20.3. The van der Waals surface area contributed by atoms with Crippen LogP contribution in [0.1, 0.15) is 102 Å². The van der Waals surface area contributed by atoms with E-state index in [2.05, 4.69) is 152 Å². The number of pyridine rings is 3. The number of carbonyl (C=O) groups is 1. The number of carbonyl (C=O) groups excluding carboxylic acids is 1. The van der Waals surface area contributed by atoms with Gasteiger partial charge < -0.3 is 23.7 Å². The van der Waals surface area contributed by atoms with Gasteiger partial charge >= 0.3 is 28.4 Å². The van der Waals surface area contributed by atoms with Gasteiger partial charge in [0.25, 0.3) is 0 Å². The molecule has 0 unspecified atom stereocenters. The fraction of sp³-hybridized carbons (Fsp3) is 0.272. The highest BCUT2D eigenvalue weighted by molar-refractivity contribution is 7.18. The van der Waals surface area contributed by atoms with Gasteiger partial charge in [0.05, 0.1) is 111 Å². The molecule has 15 aromatic heterocycles. The molecular formula is C103H99FN26O11S2. The van der Waals surface area contributed by atoms with Crippen molar-refractivity contribution in [1.82, 2.24) is 125 Å². The summed E-state index contributed by atoms with van der Waals surface area (Å²) in [7, 11) is 7.00. The van der Waals surface area contributed by atoms with Crippen molar-refractivity contribution in [1.29, 1.82) is 0 Å². The second-order valence-corrected chi connectivity index (χ2v) is 38.1. The Hall–Kier alpha value is -16.0. The van der Waals surface area contributed by atoms with Gasteiger partial charge in [0, 0.05) is 74.7 Å². The first-order chi connectivity index (χ1) is 69.4. The first-order valence-electron chi connectivity index (χ1n) is 46.5. The van der Waals surface area contributed by atoms with Gasteiger partial charge in [0.15, 0.2) is 34.0 Å². The molecule has 726 valence electrons. The lowest BCUT2D eigenvalue weighted by Crippen LogP contribution is -2.47. The van der Waals surface area contributed by atoms with Gasteiger partial charge in [-0.15, -0.1) is 22.7 Å². The van der Waals surface area contributed by atoms with Gasteiger partial charge in [-0.3, -0.25) is 42.3 Å². The van der Waals surface area contributed by atoms with Crippen LogP contribution >= 0.6 is 22.7 Å². The van der Waals surface area contributed by atoms with Gasteiger partial charge in [-0.25, -0.2) is 68.2 Å². The number of Topliss-reactive ketones (excluding diaryl/α,β-unsaturated/α-hetero) is 1. The Morgan fingerprint density at radius 2 is 0.888 bits per heavy atom. The Balaban J connectivity index is 0.000000109. The van der Waals surface area contributed by atoms with Crippen molar-refractivity contribution in [2.75, 3.05) is 61.2 Å². The number of ketones is 1. The molecule has 3 fully saturated rings. The molecule has 1 saturated carbocycles. The monoisotopic (exact) mass is 1960 g/mol. The third-order valence-electron chi connectivity index (χ3n) is 25.3. The molecule has 2 saturated heterocycles. The quantitative estimate of drug-likeness (QED) is 0.0569. The van der Waals surface area contributed by atoms with Crippen LogP contribution in [0.25, 0.3) is 92.9 Å². The molecule has 37 nitrogen and oxygen atoms in total. The van der Waals surface area contributed by atoms with E-state index in [0.717, 1.165) is 146 Å². The Morgan fingerprint density at radius 1 is 0.448 bits per heavy atom. The smallest absolute Gasteiger partial charge is 0.352 e. The predicted molar refractivity (Wildman–Crippen MR) is 541 cm³/mol. The summed E-state index contributed by atoms with van der Waals surface area (Å²) in [5, 5.41) is 26.5. The van der Waals surface area contributed by atoms with Crippen molar-refractivity contribution >= 4 is 110 Å². The van der Waals surface area contributed by atoms with E-state index in [1.165, 1.54) is 107 Å². The van der Waals surface area contributed by atoms with E-state index >= 15 is 0 Å². The molecular weight excluding hydrogens is 1860 g/mol. The Morgan fingerprint density at radius 3 is 1.38 bits per heavy atom. The lowest BCUT2D eigenvalue weighted by Gasteiger charge is -2.37. The lowest BCUT2D eigenvalue weighted by molar-refractivity contribution is -0.0880. The number of rotatable bonds is 22. The van der Waals surface area contributed by atoms with Gasteiger partial charge in [0.1, 0.15) is 81.3 Å². The van der Waals surface area contributed by atoms with Crippen LogP contribution in [0.15, 0.2) is 261 Å². The third kappa shape index (κ3) is 20.2. The normalized spacial score (nSPS) is 15.0. The minimum atomic E-state index is -0.344. The second-order valence-electron chi connectivity index (χ2n) is 36.1. The number of aromatic nitrogens is 23. The van der Waals surface area contributed by atoms with Crippen LogP contribution in [0, 0.1) is 5.82 Å². The highest BCUT2D eigenvalue weighted by atomic mass is 32.1. The van der Waals surface area contributed by atoms with E-state index in [9.17, 15) is 33.2 Å². The van der Waals surface area contributed by atoms with E-state index in [0.29, 0.717) is 88.3 Å². The topological polar surface area (TPSA) is 373 Å². The maximum absolute atomic E-state index is 13.3. The summed E-state index contributed by atoms with van der Waals surface area (Å²) < 4.78 is 55.5. The van der Waals surface area contributed by atoms with E-state index in [1.807, 2.05) is 121 Å². The minimum absolute atomic E-state index is 0.107. The highest BCUT2D eigenvalue weighted by Gasteiger charge is 2.31. The Kier molecular flexibility index (Phi) is 26.9. The summed E-state index contributed by atoms with van der Waals surface area (Å²) in [6.07, 6.45) is 13.1. The summed E-state index contributed by atoms with van der Waals surface area (Å²) in [4.78, 5) is 122.